The molecule has 2 N–H and O–H groups in total. The molecule has 0 aliphatic carbocycles. The van der Waals surface area contributed by atoms with Gasteiger partial charge in [-0.1, -0.05) is 12.1 Å². The maximum Gasteiger partial charge on any atom is 0.256 e. The van der Waals surface area contributed by atoms with Gasteiger partial charge in [-0.2, -0.15) is 0 Å². The zero-order valence-electron chi connectivity index (χ0n) is 13.1. The minimum absolute atomic E-state index is 0.0721. The summed E-state index contributed by atoms with van der Waals surface area (Å²) in [7, 11) is 1.83. The molecule has 1 amide bonds. The Morgan fingerprint density at radius 1 is 1.24 bits per heavy atom. The van der Waals surface area contributed by atoms with Crippen LogP contribution >= 0.6 is 0 Å². The van der Waals surface area contributed by atoms with Crippen LogP contribution in [-0.2, 0) is 0 Å². The third-order valence-corrected chi connectivity index (χ3v) is 3.70. The molecular weight excluding hydrogens is 266 g/mol. The van der Waals surface area contributed by atoms with E-state index in [-0.39, 0.29) is 5.91 Å². The second-order valence-corrected chi connectivity index (χ2v) is 6.18. The number of amides is 1. The van der Waals surface area contributed by atoms with Crippen molar-refractivity contribution in [1.82, 2.24) is 9.80 Å². The summed E-state index contributed by atoms with van der Waals surface area (Å²) in [5.41, 5.74) is 0.891. The van der Waals surface area contributed by atoms with Gasteiger partial charge in [-0.3, -0.25) is 9.69 Å². The number of carbonyl (C=O) groups excluding carboxylic acids is 1. The molecule has 0 bridgehead atoms. The molecule has 0 spiro atoms. The number of nitrogens with one attached hydrogen (secondary N) is 1. The van der Waals surface area contributed by atoms with Crippen molar-refractivity contribution in [1.29, 1.82) is 0 Å². The van der Waals surface area contributed by atoms with Crippen molar-refractivity contribution >= 4 is 11.6 Å². The van der Waals surface area contributed by atoms with Crippen LogP contribution in [0.15, 0.2) is 24.3 Å². The molecule has 5 heteroatoms. The van der Waals surface area contributed by atoms with Gasteiger partial charge in [0, 0.05) is 45.5 Å². The highest BCUT2D eigenvalue weighted by atomic mass is 16.3. The van der Waals surface area contributed by atoms with E-state index in [1.165, 1.54) is 0 Å². The van der Waals surface area contributed by atoms with Gasteiger partial charge < -0.3 is 15.3 Å². The number of nitrogens with zero attached hydrogens (tertiary/aromatic N) is 2. The fraction of sp³-hybridized carbons (Fsp3) is 0.562. The molecule has 1 fully saturated rings. The Morgan fingerprint density at radius 3 is 2.43 bits per heavy atom. The van der Waals surface area contributed by atoms with E-state index in [2.05, 4.69) is 10.2 Å². The maximum absolute atomic E-state index is 12.6. The zero-order valence-corrected chi connectivity index (χ0v) is 13.1. The van der Waals surface area contributed by atoms with Gasteiger partial charge in [0.15, 0.2) is 0 Å². The Bertz CT molecular complexity index is 489. The van der Waals surface area contributed by atoms with Crippen LogP contribution in [-0.4, -0.2) is 66.2 Å². The molecule has 1 aliphatic rings. The third-order valence-electron chi connectivity index (χ3n) is 3.70. The number of piperazine rings is 1. The number of carbonyl (C=O) groups is 1. The molecule has 1 saturated heterocycles. The minimum atomic E-state index is -0.690. The van der Waals surface area contributed by atoms with E-state index in [4.69, 9.17) is 0 Å². The molecule has 0 atom stereocenters. The molecule has 2 rings (SSSR count). The highest BCUT2D eigenvalue weighted by Gasteiger charge is 2.26. The van der Waals surface area contributed by atoms with Crippen LogP contribution in [0, 0.1) is 0 Å². The SMILES string of the molecule is CNc1ccccc1C(=O)N1CCN(CC(C)(C)O)CC1. The largest absolute Gasteiger partial charge is 0.389 e. The van der Waals surface area contributed by atoms with Crippen molar-refractivity contribution in [3.05, 3.63) is 29.8 Å². The van der Waals surface area contributed by atoms with Gasteiger partial charge in [0.1, 0.15) is 0 Å². The predicted octanol–water partition coefficient (Wildman–Crippen LogP) is 1.26. The van der Waals surface area contributed by atoms with Crippen molar-refractivity contribution in [2.45, 2.75) is 19.4 Å². The van der Waals surface area contributed by atoms with Gasteiger partial charge in [0.05, 0.1) is 11.2 Å². The van der Waals surface area contributed by atoms with Gasteiger partial charge in [-0.15, -0.1) is 0 Å². The number of benzene rings is 1. The van der Waals surface area contributed by atoms with Gasteiger partial charge >= 0.3 is 0 Å². The molecule has 1 aromatic carbocycles. The van der Waals surface area contributed by atoms with Crippen LogP contribution in [0.3, 0.4) is 0 Å². The first-order chi connectivity index (χ1) is 9.90. The Labute approximate surface area is 126 Å². The molecule has 5 nitrogen and oxygen atoms in total. The Balaban J connectivity index is 1.97. The number of anilines is 1. The fourth-order valence-corrected chi connectivity index (χ4v) is 2.71. The summed E-state index contributed by atoms with van der Waals surface area (Å²) in [6, 6.07) is 7.58. The number of rotatable bonds is 4. The standard InChI is InChI=1S/C16H25N3O2/c1-16(2,21)12-18-8-10-19(11-9-18)15(20)13-6-4-5-7-14(13)17-3/h4-7,17,21H,8-12H2,1-3H3. The van der Waals surface area contributed by atoms with Gasteiger partial charge in [0.25, 0.3) is 5.91 Å². The highest BCUT2D eigenvalue weighted by Crippen LogP contribution is 2.18. The summed E-state index contributed by atoms with van der Waals surface area (Å²) in [4.78, 5) is 16.7. The van der Waals surface area contributed by atoms with Gasteiger partial charge in [-0.05, 0) is 26.0 Å². The lowest BCUT2D eigenvalue weighted by Crippen LogP contribution is -2.52. The second kappa shape index (κ2) is 6.45. The maximum atomic E-state index is 12.6. The number of hydrogen-bond acceptors (Lipinski definition) is 4. The van der Waals surface area contributed by atoms with Crippen molar-refractivity contribution in [2.75, 3.05) is 45.1 Å². The average Bonchev–Trinajstić information content (AvgIpc) is 2.45. The monoisotopic (exact) mass is 291 g/mol. The van der Waals surface area contributed by atoms with Crippen molar-refractivity contribution in [2.24, 2.45) is 0 Å². The first kappa shape index (κ1) is 15.8. The molecule has 0 unspecified atom stereocenters. The molecule has 21 heavy (non-hydrogen) atoms. The number of aliphatic hydroxyl groups is 1. The lowest BCUT2D eigenvalue weighted by atomic mass is 10.1. The van der Waals surface area contributed by atoms with E-state index in [9.17, 15) is 9.90 Å². The van der Waals surface area contributed by atoms with Crippen LogP contribution in [0.5, 0.6) is 0 Å². The lowest BCUT2D eigenvalue weighted by Gasteiger charge is -2.37. The summed E-state index contributed by atoms with van der Waals surface area (Å²) in [5, 5.41) is 12.9. The smallest absolute Gasteiger partial charge is 0.256 e. The normalized spacial score (nSPS) is 16.9. The van der Waals surface area contributed by atoms with Gasteiger partial charge in [0.2, 0.25) is 0 Å². The summed E-state index contributed by atoms with van der Waals surface area (Å²) < 4.78 is 0. The summed E-state index contributed by atoms with van der Waals surface area (Å²) in [6.07, 6.45) is 0. The fourth-order valence-electron chi connectivity index (χ4n) is 2.71. The number of hydrogen-bond donors (Lipinski definition) is 2. The Hall–Kier alpha value is -1.59. The van der Waals surface area contributed by atoms with Crippen LogP contribution in [0.1, 0.15) is 24.2 Å². The van der Waals surface area contributed by atoms with Crippen LogP contribution in [0.2, 0.25) is 0 Å². The van der Waals surface area contributed by atoms with E-state index in [1.54, 1.807) is 0 Å². The second-order valence-electron chi connectivity index (χ2n) is 6.18. The average molecular weight is 291 g/mol. The van der Waals surface area contributed by atoms with Crippen LogP contribution in [0.4, 0.5) is 5.69 Å². The molecule has 116 valence electrons. The van der Waals surface area contributed by atoms with E-state index in [0.717, 1.165) is 24.3 Å². The van der Waals surface area contributed by atoms with Crippen LogP contribution in [0.25, 0.3) is 0 Å². The quantitative estimate of drug-likeness (QED) is 0.877. The molecule has 0 aromatic heterocycles. The van der Waals surface area contributed by atoms with Crippen LogP contribution < -0.4 is 5.32 Å². The van der Waals surface area contributed by atoms with E-state index < -0.39 is 5.60 Å². The van der Waals surface area contributed by atoms with E-state index >= 15 is 0 Å². The Kier molecular flexibility index (Phi) is 4.85. The minimum Gasteiger partial charge on any atom is -0.389 e. The molecule has 0 saturated carbocycles. The lowest BCUT2D eigenvalue weighted by molar-refractivity contribution is 0.0179. The highest BCUT2D eigenvalue weighted by molar-refractivity contribution is 5.99. The molecule has 1 aliphatic heterocycles. The molecule has 1 aromatic rings. The zero-order chi connectivity index (χ0) is 15.5. The predicted molar refractivity (Wildman–Crippen MR) is 84.6 cm³/mol. The topological polar surface area (TPSA) is 55.8 Å². The van der Waals surface area contributed by atoms with Gasteiger partial charge in [-0.25, -0.2) is 0 Å². The van der Waals surface area contributed by atoms with Crippen molar-refractivity contribution < 1.29 is 9.90 Å². The van der Waals surface area contributed by atoms with Crippen molar-refractivity contribution in [3.8, 4) is 0 Å². The van der Waals surface area contributed by atoms with E-state index in [1.807, 2.05) is 50.1 Å². The Morgan fingerprint density at radius 2 is 1.86 bits per heavy atom. The molecule has 0 radical (unpaired) electrons. The van der Waals surface area contributed by atoms with Crippen molar-refractivity contribution in [3.63, 3.8) is 0 Å². The first-order valence-electron chi connectivity index (χ1n) is 7.41. The number of para-hydroxylation sites is 1. The third kappa shape index (κ3) is 4.19. The molecular formula is C16H25N3O2. The summed E-state index contributed by atoms with van der Waals surface area (Å²) >= 11 is 0. The summed E-state index contributed by atoms with van der Waals surface area (Å²) in [5.74, 6) is 0.0721. The number of β-amino-alcohol motifs (C(OH)–C–C–N with tert-alkyl or cyclic N) is 1. The summed E-state index contributed by atoms with van der Waals surface area (Å²) in [6.45, 7) is 7.28. The first-order valence-corrected chi connectivity index (χ1v) is 7.41. The van der Waals surface area contributed by atoms with E-state index in [0.29, 0.717) is 19.6 Å². The molecule has 1 heterocycles.